The number of Topliss-reactive ketones (excluding diaryl/α,β-unsaturated/α-hetero) is 1. The minimum Gasteiger partial charge on any atom is -0.293 e. The SMILES string of the molecule is Cc1ccc(C(=O)C(C)Sc2nncn2-c2ccccc2)cc1. The molecule has 1 unspecified atom stereocenters. The zero-order chi connectivity index (χ0) is 16.2. The van der Waals surface area contributed by atoms with E-state index in [1.54, 1.807) is 6.33 Å². The van der Waals surface area contributed by atoms with Crippen LogP contribution in [0.3, 0.4) is 0 Å². The Labute approximate surface area is 139 Å². The van der Waals surface area contributed by atoms with E-state index < -0.39 is 0 Å². The summed E-state index contributed by atoms with van der Waals surface area (Å²) >= 11 is 1.42. The van der Waals surface area contributed by atoms with Crippen LogP contribution >= 0.6 is 11.8 Å². The summed E-state index contributed by atoms with van der Waals surface area (Å²) < 4.78 is 1.89. The molecule has 0 bridgehead atoms. The Kier molecular flexibility index (Phi) is 4.57. The van der Waals surface area contributed by atoms with Crippen molar-refractivity contribution in [2.75, 3.05) is 0 Å². The molecule has 0 saturated carbocycles. The highest BCUT2D eigenvalue weighted by Crippen LogP contribution is 2.26. The number of para-hydroxylation sites is 1. The molecule has 5 heteroatoms. The molecule has 23 heavy (non-hydrogen) atoms. The van der Waals surface area contributed by atoms with Crippen molar-refractivity contribution >= 4 is 17.5 Å². The van der Waals surface area contributed by atoms with E-state index in [1.165, 1.54) is 11.8 Å². The van der Waals surface area contributed by atoms with Gasteiger partial charge < -0.3 is 0 Å². The smallest absolute Gasteiger partial charge is 0.196 e. The first-order valence-electron chi connectivity index (χ1n) is 7.38. The van der Waals surface area contributed by atoms with Crippen LogP contribution < -0.4 is 0 Å². The number of carbonyl (C=O) groups excluding carboxylic acids is 1. The normalized spacial score (nSPS) is 12.1. The summed E-state index contributed by atoms with van der Waals surface area (Å²) in [6.07, 6.45) is 1.67. The topological polar surface area (TPSA) is 47.8 Å². The van der Waals surface area contributed by atoms with Crippen molar-refractivity contribution in [2.24, 2.45) is 0 Å². The predicted octanol–water partition coefficient (Wildman–Crippen LogP) is 3.94. The molecule has 3 rings (SSSR count). The fourth-order valence-corrected chi connectivity index (χ4v) is 3.15. The third-order valence-corrected chi connectivity index (χ3v) is 4.60. The molecule has 1 atom stereocenters. The first kappa shape index (κ1) is 15.5. The van der Waals surface area contributed by atoms with Crippen molar-refractivity contribution in [3.63, 3.8) is 0 Å². The molecular formula is C18H17N3OS. The number of hydrogen-bond acceptors (Lipinski definition) is 4. The summed E-state index contributed by atoms with van der Waals surface area (Å²) in [5.41, 5.74) is 2.85. The Hall–Kier alpha value is -2.40. The van der Waals surface area contributed by atoms with E-state index in [1.807, 2.05) is 73.0 Å². The zero-order valence-corrected chi connectivity index (χ0v) is 13.8. The van der Waals surface area contributed by atoms with E-state index in [2.05, 4.69) is 10.2 Å². The van der Waals surface area contributed by atoms with Gasteiger partial charge in [-0.15, -0.1) is 10.2 Å². The molecule has 0 aliphatic heterocycles. The zero-order valence-electron chi connectivity index (χ0n) is 13.0. The number of benzene rings is 2. The van der Waals surface area contributed by atoms with Crippen LogP contribution in [0.5, 0.6) is 0 Å². The number of thioether (sulfide) groups is 1. The van der Waals surface area contributed by atoms with Crippen LogP contribution in [-0.4, -0.2) is 25.8 Å². The molecule has 0 aliphatic carbocycles. The van der Waals surface area contributed by atoms with Gasteiger partial charge in [-0.05, 0) is 26.0 Å². The van der Waals surface area contributed by atoms with E-state index in [0.29, 0.717) is 5.16 Å². The third kappa shape index (κ3) is 3.51. The van der Waals surface area contributed by atoms with Crippen LogP contribution in [-0.2, 0) is 0 Å². The third-order valence-electron chi connectivity index (χ3n) is 3.54. The van der Waals surface area contributed by atoms with E-state index in [0.717, 1.165) is 16.8 Å². The van der Waals surface area contributed by atoms with Gasteiger partial charge >= 0.3 is 0 Å². The van der Waals surface area contributed by atoms with Gasteiger partial charge in [-0.2, -0.15) is 0 Å². The van der Waals surface area contributed by atoms with Crippen molar-refractivity contribution < 1.29 is 4.79 Å². The molecule has 0 amide bonds. The lowest BCUT2D eigenvalue weighted by molar-refractivity contribution is 0.0994. The fraction of sp³-hybridized carbons (Fsp3) is 0.167. The second kappa shape index (κ2) is 6.79. The molecule has 0 aliphatic rings. The first-order chi connectivity index (χ1) is 11.1. The summed E-state index contributed by atoms with van der Waals surface area (Å²) in [6.45, 7) is 3.91. The molecule has 4 nitrogen and oxygen atoms in total. The monoisotopic (exact) mass is 323 g/mol. The van der Waals surface area contributed by atoms with E-state index >= 15 is 0 Å². The highest BCUT2D eigenvalue weighted by atomic mass is 32.2. The van der Waals surface area contributed by atoms with Crippen LogP contribution in [0, 0.1) is 6.92 Å². The summed E-state index contributed by atoms with van der Waals surface area (Å²) in [5, 5.41) is 8.60. The van der Waals surface area contributed by atoms with Gasteiger partial charge in [0.25, 0.3) is 0 Å². The maximum atomic E-state index is 12.6. The molecule has 0 radical (unpaired) electrons. The largest absolute Gasteiger partial charge is 0.293 e. The Morgan fingerprint density at radius 2 is 1.78 bits per heavy atom. The van der Waals surface area contributed by atoms with Gasteiger partial charge in [-0.3, -0.25) is 9.36 Å². The molecule has 0 spiro atoms. The number of hydrogen-bond donors (Lipinski definition) is 0. The summed E-state index contributed by atoms with van der Waals surface area (Å²) in [5.74, 6) is 0.0950. The molecule has 0 N–H and O–H groups in total. The quantitative estimate of drug-likeness (QED) is 0.527. The summed E-state index contributed by atoms with van der Waals surface area (Å²) in [4.78, 5) is 12.6. The molecular weight excluding hydrogens is 306 g/mol. The van der Waals surface area contributed by atoms with Crippen LogP contribution in [0.4, 0.5) is 0 Å². The molecule has 1 heterocycles. The van der Waals surface area contributed by atoms with Crippen molar-refractivity contribution in [1.29, 1.82) is 0 Å². The molecule has 0 saturated heterocycles. The van der Waals surface area contributed by atoms with Gasteiger partial charge in [-0.25, -0.2) is 0 Å². The molecule has 1 aromatic heterocycles. The number of aromatic nitrogens is 3. The van der Waals surface area contributed by atoms with Crippen LogP contribution in [0.2, 0.25) is 0 Å². The standard InChI is InChI=1S/C18H17N3OS/c1-13-8-10-15(11-9-13)17(22)14(2)23-18-20-19-12-21(18)16-6-4-3-5-7-16/h3-12,14H,1-2H3. The van der Waals surface area contributed by atoms with E-state index in [-0.39, 0.29) is 11.0 Å². The Bertz CT molecular complexity index is 797. The number of nitrogens with zero attached hydrogens (tertiary/aromatic N) is 3. The molecule has 116 valence electrons. The highest BCUT2D eigenvalue weighted by Gasteiger charge is 2.19. The minimum absolute atomic E-state index is 0.0950. The lowest BCUT2D eigenvalue weighted by Crippen LogP contribution is -2.14. The van der Waals surface area contributed by atoms with Gasteiger partial charge in [0, 0.05) is 11.3 Å². The van der Waals surface area contributed by atoms with Crippen molar-refractivity contribution in [2.45, 2.75) is 24.3 Å². The maximum Gasteiger partial charge on any atom is 0.196 e. The Morgan fingerprint density at radius 3 is 2.48 bits per heavy atom. The number of carbonyl (C=O) groups is 1. The summed E-state index contributed by atoms with van der Waals surface area (Å²) in [7, 11) is 0. The molecule has 3 aromatic rings. The van der Waals surface area contributed by atoms with Crippen LogP contribution in [0.25, 0.3) is 5.69 Å². The average molecular weight is 323 g/mol. The Morgan fingerprint density at radius 1 is 1.09 bits per heavy atom. The van der Waals surface area contributed by atoms with Gasteiger partial charge in [0.2, 0.25) is 0 Å². The number of aryl methyl sites for hydroxylation is 1. The maximum absolute atomic E-state index is 12.6. The highest BCUT2D eigenvalue weighted by molar-refractivity contribution is 8.00. The lowest BCUT2D eigenvalue weighted by atomic mass is 10.1. The van der Waals surface area contributed by atoms with Crippen molar-refractivity contribution in [3.8, 4) is 5.69 Å². The van der Waals surface area contributed by atoms with Gasteiger partial charge in [0.15, 0.2) is 10.9 Å². The number of ketones is 1. The molecule has 0 fully saturated rings. The lowest BCUT2D eigenvalue weighted by Gasteiger charge is -2.11. The summed E-state index contributed by atoms with van der Waals surface area (Å²) in [6, 6.07) is 17.5. The number of rotatable bonds is 5. The van der Waals surface area contributed by atoms with Crippen molar-refractivity contribution in [3.05, 3.63) is 72.1 Å². The van der Waals surface area contributed by atoms with Crippen LogP contribution in [0.15, 0.2) is 66.1 Å². The van der Waals surface area contributed by atoms with Gasteiger partial charge in [-0.1, -0.05) is 59.8 Å². The predicted molar refractivity (Wildman–Crippen MR) is 92.2 cm³/mol. The van der Waals surface area contributed by atoms with Crippen LogP contribution in [0.1, 0.15) is 22.8 Å². The second-order valence-electron chi connectivity index (χ2n) is 5.31. The van der Waals surface area contributed by atoms with E-state index in [9.17, 15) is 4.79 Å². The molecule has 2 aromatic carbocycles. The first-order valence-corrected chi connectivity index (χ1v) is 8.26. The minimum atomic E-state index is -0.232. The van der Waals surface area contributed by atoms with E-state index in [4.69, 9.17) is 0 Å². The van der Waals surface area contributed by atoms with Gasteiger partial charge in [0.05, 0.1) is 5.25 Å². The average Bonchev–Trinajstić information content (AvgIpc) is 3.04. The fourth-order valence-electron chi connectivity index (χ4n) is 2.23. The Balaban J connectivity index is 1.79. The van der Waals surface area contributed by atoms with Gasteiger partial charge in [0.1, 0.15) is 6.33 Å². The second-order valence-corrected chi connectivity index (χ2v) is 6.62. The van der Waals surface area contributed by atoms with Crippen molar-refractivity contribution in [1.82, 2.24) is 14.8 Å².